The molecule has 2 nitrogen and oxygen atoms in total. The summed E-state index contributed by atoms with van der Waals surface area (Å²) >= 11 is -2.16. The zero-order valence-corrected chi connectivity index (χ0v) is 13.1. The third-order valence-electron chi connectivity index (χ3n) is 2.74. The van der Waals surface area contributed by atoms with Crippen LogP contribution in [-0.4, -0.2) is 15.5 Å². The summed E-state index contributed by atoms with van der Waals surface area (Å²) in [6, 6.07) is -1.67. The highest BCUT2D eigenvalue weighted by Gasteiger charge is 2.46. The normalized spacial score (nSPS) is 16.3. The summed E-state index contributed by atoms with van der Waals surface area (Å²) in [5.41, 5.74) is -2.46. The molecule has 0 aromatic heterocycles. The standard InChI is InChI=1S/C13H14F7NOS/c1-11(2,3)23(22)21-10(13(18,19)20)7-4-5-8(9(14)6-7)12(15,16)17/h4-6,10,21H,1-3H3. The quantitative estimate of drug-likeness (QED) is 0.632. The minimum atomic E-state index is -5.02. The van der Waals surface area contributed by atoms with Crippen LogP contribution < -0.4 is 4.72 Å². The number of hydrogen-bond donors (Lipinski definition) is 1. The highest BCUT2D eigenvalue weighted by molar-refractivity contribution is 7.90. The van der Waals surface area contributed by atoms with Gasteiger partial charge in [-0.3, -0.25) is 0 Å². The van der Waals surface area contributed by atoms with Crippen LogP contribution >= 0.6 is 0 Å². The van der Waals surface area contributed by atoms with Crippen LogP contribution in [0.25, 0.3) is 0 Å². The van der Waals surface area contributed by atoms with Gasteiger partial charge in [0, 0.05) is 11.4 Å². The van der Waals surface area contributed by atoms with Crippen LogP contribution in [0.15, 0.2) is 18.2 Å². The maximum atomic E-state index is 13.5. The highest BCUT2D eigenvalue weighted by Crippen LogP contribution is 2.37. The molecule has 2 unspecified atom stereocenters. The van der Waals surface area contributed by atoms with E-state index in [9.17, 15) is 35.3 Å². The van der Waals surface area contributed by atoms with E-state index in [1.54, 1.807) is 4.72 Å². The predicted molar refractivity (Wildman–Crippen MR) is 71.2 cm³/mol. The van der Waals surface area contributed by atoms with Crippen molar-refractivity contribution in [2.24, 2.45) is 0 Å². The third-order valence-corrected chi connectivity index (χ3v) is 4.30. The van der Waals surface area contributed by atoms with Crippen molar-refractivity contribution in [2.75, 3.05) is 0 Å². The molecule has 1 aromatic rings. The molecule has 0 bridgehead atoms. The van der Waals surface area contributed by atoms with Gasteiger partial charge in [-0.05, 0) is 38.5 Å². The maximum Gasteiger partial charge on any atom is 0.419 e. The molecule has 0 spiro atoms. The van der Waals surface area contributed by atoms with E-state index in [1.165, 1.54) is 20.8 Å². The lowest BCUT2D eigenvalue weighted by atomic mass is 10.0. The van der Waals surface area contributed by atoms with E-state index < -0.39 is 51.4 Å². The molecule has 0 fully saturated rings. The SMILES string of the molecule is CC(C)(C)[S+]([O-])NC(c1ccc(C(F)(F)F)c(F)c1)C(F)(F)F. The van der Waals surface area contributed by atoms with Gasteiger partial charge in [-0.25, -0.2) is 4.39 Å². The van der Waals surface area contributed by atoms with Gasteiger partial charge in [-0.1, -0.05) is 6.07 Å². The Hall–Kier alpha value is -1.00. The molecule has 0 saturated carbocycles. The van der Waals surface area contributed by atoms with Crippen molar-refractivity contribution in [1.29, 1.82) is 0 Å². The molecule has 0 aliphatic rings. The summed E-state index contributed by atoms with van der Waals surface area (Å²) in [5, 5.41) is 0. The van der Waals surface area contributed by atoms with Crippen LogP contribution in [0.4, 0.5) is 30.7 Å². The first kappa shape index (κ1) is 20.0. The van der Waals surface area contributed by atoms with Gasteiger partial charge in [0.25, 0.3) is 0 Å². The smallest absolute Gasteiger partial charge is 0.419 e. The molecular formula is C13H14F7NOS. The average molecular weight is 365 g/mol. The second-order valence-corrected chi connectivity index (χ2v) is 7.71. The number of halogens is 7. The highest BCUT2D eigenvalue weighted by atomic mass is 32.2. The van der Waals surface area contributed by atoms with E-state index in [4.69, 9.17) is 0 Å². The lowest BCUT2D eigenvalue weighted by Gasteiger charge is -2.29. The first-order chi connectivity index (χ1) is 10.1. The van der Waals surface area contributed by atoms with Gasteiger partial charge in [-0.2, -0.15) is 26.3 Å². The monoisotopic (exact) mass is 365 g/mol. The Bertz CT molecular complexity index is 551. The summed E-state index contributed by atoms with van der Waals surface area (Å²) in [7, 11) is 0. The molecule has 0 heterocycles. The summed E-state index contributed by atoms with van der Waals surface area (Å²) in [4.78, 5) is 0. The Kier molecular flexibility index (Phi) is 5.65. The van der Waals surface area contributed by atoms with Crippen molar-refractivity contribution in [1.82, 2.24) is 4.72 Å². The van der Waals surface area contributed by atoms with Crippen molar-refractivity contribution in [2.45, 2.75) is 43.9 Å². The summed E-state index contributed by atoms with van der Waals surface area (Å²) in [6.07, 6.45) is -9.98. The van der Waals surface area contributed by atoms with Crippen molar-refractivity contribution < 1.29 is 35.3 Å². The molecule has 10 heteroatoms. The maximum absolute atomic E-state index is 13.5. The van der Waals surface area contributed by atoms with Gasteiger partial charge in [0.1, 0.15) is 10.6 Å². The Morgan fingerprint density at radius 3 is 1.91 bits per heavy atom. The van der Waals surface area contributed by atoms with Gasteiger partial charge in [0.15, 0.2) is 6.04 Å². The van der Waals surface area contributed by atoms with Crippen molar-refractivity contribution in [3.05, 3.63) is 35.1 Å². The van der Waals surface area contributed by atoms with Gasteiger partial charge >= 0.3 is 12.4 Å². The Morgan fingerprint density at radius 2 is 1.57 bits per heavy atom. The zero-order chi connectivity index (χ0) is 18.2. The van der Waals surface area contributed by atoms with Gasteiger partial charge in [0.05, 0.1) is 5.56 Å². The fraction of sp³-hybridized carbons (Fsp3) is 0.538. The second kappa shape index (κ2) is 6.48. The van der Waals surface area contributed by atoms with E-state index in [0.29, 0.717) is 6.07 Å². The van der Waals surface area contributed by atoms with Gasteiger partial charge < -0.3 is 4.55 Å². The Morgan fingerprint density at radius 1 is 1.04 bits per heavy atom. The predicted octanol–water partition coefficient (Wildman–Crippen LogP) is 4.50. The van der Waals surface area contributed by atoms with Crippen LogP contribution in [-0.2, 0) is 17.5 Å². The third kappa shape index (κ3) is 5.25. The van der Waals surface area contributed by atoms with Crippen LogP contribution in [0.5, 0.6) is 0 Å². The summed E-state index contributed by atoms with van der Waals surface area (Å²) < 4.78 is 103. The van der Waals surface area contributed by atoms with E-state index in [0.717, 1.165) is 0 Å². The van der Waals surface area contributed by atoms with Crippen molar-refractivity contribution in [3.8, 4) is 0 Å². The molecule has 0 amide bonds. The van der Waals surface area contributed by atoms with Crippen molar-refractivity contribution >= 4 is 11.4 Å². The van der Waals surface area contributed by atoms with E-state index >= 15 is 0 Å². The number of nitrogens with one attached hydrogen (secondary N) is 1. The second-order valence-electron chi connectivity index (χ2n) is 5.71. The Labute approximate surface area is 131 Å². The first-order valence-electron chi connectivity index (χ1n) is 6.25. The molecule has 1 rings (SSSR count). The van der Waals surface area contributed by atoms with Gasteiger partial charge in [0.2, 0.25) is 0 Å². The zero-order valence-electron chi connectivity index (χ0n) is 12.3. The molecule has 0 radical (unpaired) electrons. The molecular weight excluding hydrogens is 351 g/mol. The molecule has 1 N–H and O–H groups in total. The first-order valence-corrected chi connectivity index (χ1v) is 7.40. The van der Waals surface area contributed by atoms with E-state index in [1.807, 2.05) is 0 Å². The topological polar surface area (TPSA) is 35.1 Å². The fourth-order valence-electron chi connectivity index (χ4n) is 1.55. The minimum absolute atomic E-state index is 0.147. The minimum Gasteiger partial charge on any atom is -0.598 e. The molecule has 23 heavy (non-hydrogen) atoms. The van der Waals surface area contributed by atoms with E-state index in [2.05, 4.69) is 0 Å². The molecule has 132 valence electrons. The van der Waals surface area contributed by atoms with Crippen LogP contribution in [0.1, 0.15) is 37.9 Å². The van der Waals surface area contributed by atoms with Crippen LogP contribution in [0, 0.1) is 5.82 Å². The Balaban J connectivity index is 3.22. The number of hydrogen-bond acceptors (Lipinski definition) is 2. The average Bonchev–Trinajstić information content (AvgIpc) is 2.31. The largest absolute Gasteiger partial charge is 0.598 e. The molecule has 0 saturated heterocycles. The number of rotatable bonds is 3. The van der Waals surface area contributed by atoms with E-state index in [-0.39, 0.29) is 12.1 Å². The summed E-state index contributed by atoms with van der Waals surface area (Å²) in [6.45, 7) is 4.24. The number of alkyl halides is 6. The molecule has 2 atom stereocenters. The van der Waals surface area contributed by atoms with Crippen LogP contribution in [0.2, 0.25) is 0 Å². The summed E-state index contributed by atoms with van der Waals surface area (Å²) in [5.74, 6) is -1.83. The van der Waals surface area contributed by atoms with Gasteiger partial charge in [-0.15, -0.1) is 4.72 Å². The molecule has 0 aliphatic carbocycles. The lowest BCUT2D eigenvalue weighted by Crippen LogP contribution is -2.45. The molecule has 1 aromatic carbocycles. The fourth-order valence-corrected chi connectivity index (χ4v) is 2.39. The lowest BCUT2D eigenvalue weighted by molar-refractivity contribution is -0.153. The number of benzene rings is 1. The van der Waals surface area contributed by atoms with Crippen molar-refractivity contribution in [3.63, 3.8) is 0 Å². The van der Waals surface area contributed by atoms with Crippen LogP contribution in [0.3, 0.4) is 0 Å². The molecule has 0 aliphatic heterocycles.